The fourth-order valence-electron chi connectivity index (χ4n) is 2.65. The minimum Gasteiger partial charge on any atom is -0.493 e. The van der Waals surface area contributed by atoms with Crippen molar-refractivity contribution in [3.05, 3.63) is 72.3 Å². The van der Waals surface area contributed by atoms with Gasteiger partial charge in [-0.25, -0.2) is 0 Å². The van der Waals surface area contributed by atoms with Crippen molar-refractivity contribution in [2.75, 3.05) is 11.9 Å². The average Bonchev–Trinajstić information content (AvgIpc) is 2.61. The highest BCUT2D eigenvalue weighted by Crippen LogP contribution is 2.23. The number of ether oxygens (including phenoxy) is 1. The molecule has 3 heteroatoms. The second kappa shape index (κ2) is 7.84. The van der Waals surface area contributed by atoms with Gasteiger partial charge >= 0.3 is 0 Å². The van der Waals surface area contributed by atoms with E-state index in [-0.39, 0.29) is 5.91 Å². The number of amides is 1. The van der Waals surface area contributed by atoms with E-state index in [0.29, 0.717) is 23.8 Å². The van der Waals surface area contributed by atoms with E-state index < -0.39 is 0 Å². The average molecular weight is 333 g/mol. The predicted molar refractivity (Wildman–Crippen MR) is 103 cm³/mol. The van der Waals surface area contributed by atoms with Crippen molar-refractivity contribution in [2.45, 2.75) is 20.3 Å². The molecule has 0 spiro atoms. The van der Waals surface area contributed by atoms with E-state index in [0.717, 1.165) is 22.9 Å². The summed E-state index contributed by atoms with van der Waals surface area (Å²) in [5.41, 5.74) is 1.33. The first-order valence-electron chi connectivity index (χ1n) is 8.65. The standard InChI is InChI=1S/C22H23NO2/c1-16(2)13-14-25-21-10-6-5-9-20(21)22(24)23-19-12-11-17-7-3-4-8-18(17)15-19/h3-12,15-16H,13-14H2,1-2H3,(H,23,24). The normalized spacial score (nSPS) is 10.8. The zero-order valence-corrected chi connectivity index (χ0v) is 14.7. The lowest BCUT2D eigenvalue weighted by atomic mass is 10.1. The summed E-state index contributed by atoms with van der Waals surface area (Å²) in [7, 11) is 0. The highest BCUT2D eigenvalue weighted by molar-refractivity contribution is 6.07. The summed E-state index contributed by atoms with van der Waals surface area (Å²) < 4.78 is 5.82. The third-order valence-electron chi connectivity index (χ3n) is 4.09. The molecular formula is C22H23NO2. The molecule has 128 valence electrons. The predicted octanol–water partition coefficient (Wildman–Crippen LogP) is 5.52. The Bertz CT molecular complexity index is 871. The topological polar surface area (TPSA) is 38.3 Å². The Morgan fingerprint density at radius 1 is 0.960 bits per heavy atom. The summed E-state index contributed by atoms with van der Waals surface area (Å²) in [6, 6.07) is 21.4. The van der Waals surface area contributed by atoms with E-state index in [2.05, 4.69) is 25.2 Å². The van der Waals surface area contributed by atoms with Crippen LogP contribution in [0.3, 0.4) is 0 Å². The fraction of sp³-hybridized carbons (Fsp3) is 0.227. The van der Waals surface area contributed by atoms with Gasteiger partial charge in [-0.05, 0) is 47.4 Å². The van der Waals surface area contributed by atoms with Gasteiger partial charge in [-0.3, -0.25) is 4.79 Å². The van der Waals surface area contributed by atoms with Gasteiger partial charge in [0.05, 0.1) is 12.2 Å². The van der Waals surface area contributed by atoms with E-state index in [1.807, 2.05) is 54.6 Å². The first-order chi connectivity index (χ1) is 12.1. The van der Waals surface area contributed by atoms with Crippen LogP contribution in [-0.4, -0.2) is 12.5 Å². The number of benzene rings is 3. The van der Waals surface area contributed by atoms with Crippen LogP contribution in [0, 0.1) is 5.92 Å². The molecule has 0 aliphatic carbocycles. The molecule has 0 fully saturated rings. The summed E-state index contributed by atoms with van der Waals surface area (Å²) in [6.07, 6.45) is 0.959. The first-order valence-corrected chi connectivity index (χ1v) is 8.65. The SMILES string of the molecule is CC(C)CCOc1ccccc1C(=O)Nc1ccc2ccccc2c1. The van der Waals surface area contributed by atoms with Crippen molar-refractivity contribution in [3.8, 4) is 5.75 Å². The lowest BCUT2D eigenvalue weighted by Crippen LogP contribution is -2.14. The summed E-state index contributed by atoms with van der Waals surface area (Å²) >= 11 is 0. The van der Waals surface area contributed by atoms with Crippen LogP contribution in [0.1, 0.15) is 30.6 Å². The van der Waals surface area contributed by atoms with Crippen LogP contribution in [0.25, 0.3) is 10.8 Å². The Labute approximate surface area is 148 Å². The fourth-order valence-corrected chi connectivity index (χ4v) is 2.65. The van der Waals surface area contributed by atoms with Crippen LogP contribution in [-0.2, 0) is 0 Å². The van der Waals surface area contributed by atoms with Crippen molar-refractivity contribution < 1.29 is 9.53 Å². The summed E-state index contributed by atoms with van der Waals surface area (Å²) in [6.45, 7) is 4.92. The maximum absolute atomic E-state index is 12.7. The highest BCUT2D eigenvalue weighted by atomic mass is 16.5. The van der Waals surface area contributed by atoms with Gasteiger partial charge in [-0.2, -0.15) is 0 Å². The van der Waals surface area contributed by atoms with Gasteiger partial charge in [0, 0.05) is 5.69 Å². The zero-order valence-electron chi connectivity index (χ0n) is 14.7. The van der Waals surface area contributed by atoms with E-state index in [9.17, 15) is 4.79 Å². The first kappa shape index (κ1) is 17.0. The van der Waals surface area contributed by atoms with Crippen molar-refractivity contribution in [3.63, 3.8) is 0 Å². The van der Waals surface area contributed by atoms with Crippen LogP contribution in [0.2, 0.25) is 0 Å². The van der Waals surface area contributed by atoms with E-state index in [4.69, 9.17) is 4.74 Å². The molecule has 0 atom stereocenters. The number of carbonyl (C=O) groups excluding carboxylic acids is 1. The molecule has 25 heavy (non-hydrogen) atoms. The second-order valence-electron chi connectivity index (χ2n) is 6.54. The highest BCUT2D eigenvalue weighted by Gasteiger charge is 2.12. The van der Waals surface area contributed by atoms with Gasteiger partial charge in [-0.1, -0.05) is 56.3 Å². The zero-order chi connectivity index (χ0) is 17.6. The molecule has 0 aliphatic heterocycles. The van der Waals surface area contributed by atoms with E-state index >= 15 is 0 Å². The number of rotatable bonds is 6. The van der Waals surface area contributed by atoms with Crippen LogP contribution < -0.4 is 10.1 Å². The molecule has 3 nitrogen and oxygen atoms in total. The number of nitrogens with one attached hydrogen (secondary N) is 1. The molecule has 1 N–H and O–H groups in total. The molecule has 0 radical (unpaired) electrons. The number of anilines is 1. The van der Waals surface area contributed by atoms with Crippen LogP contribution in [0.4, 0.5) is 5.69 Å². The van der Waals surface area contributed by atoms with Gasteiger partial charge in [0.25, 0.3) is 5.91 Å². The van der Waals surface area contributed by atoms with Gasteiger partial charge in [-0.15, -0.1) is 0 Å². The number of hydrogen-bond acceptors (Lipinski definition) is 2. The Kier molecular flexibility index (Phi) is 5.34. The van der Waals surface area contributed by atoms with Crippen molar-refractivity contribution >= 4 is 22.4 Å². The van der Waals surface area contributed by atoms with E-state index in [1.165, 1.54) is 0 Å². The maximum Gasteiger partial charge on any atom is 0.259 e. The number of hydrogen-bond donors (Lipinski definition) is 1. The van der Waals surface area contributed by atoms with Crippen LogP contribution in [0.15, 0.2) is 66.7 Å². The molecule has 0 bridgehead atoms. The van der Waals surface area contributed by atoms with Crippen molar-refractivity contribution in [1.82, 2.24) is 0 Å². The molecule has 0 aliphatic rings. The van der Waals surface area contributed by atoms with Crippen molar-refractivity contribution in [2.24, 2.45) is 5.92 Å². The molecule has 3 rings (SSSR count). The number of para-hydroxylation sites is 1. The van der Waals surface area contributed by atoms with Gasteiger partial charge in [0.2, 0.25) is 0 Å². The minimum absolute atomic E-state index is 0.157. The summed E-state index contributed by atoms with van der Waals surface area (Å²) in [5, 5.41) is 5.22. The Hall–Kier alpha value is -2.81. The number of carbonyl (C=O) groups is 1. The smallest absolute Gasteiger partial charge is 0.259 e. The number of fused-ring (bicyclic) bond motifs is 1. The van der Waals surface area contributed by atoms with Crippen LogP contribution >= 0.6 is 0 Å². The maximum atomic E-state index is 12.7. The Morgan fingerprint density at radius 2 is 1.68 bits per heavy atom. The lowest BCUT2D eigenvalue weighted by molar-refractivity contribution is 0.102. The second-order valence-corrected chi connectivity index (χ2v) is 6.54. The summed E-state index contributed by atoms with van der Waals surface area (Å²) in [5.74, 6) is 1.04. The van der Waals surface area contributed by atoms with E-state index in [1.54, 1.807) is 6.07 Å². The Balaban J connectivity index is 1.76. The molecule has 0 unspecified atom stereocenters. The molecule has 1 amide bonds. The molecule has 0 aromatic heterocycles. The molecule has 3 aromatic rings. The third kappa shape index (κ3) is 4.38. The molecule has 3 aromatic carbocycles. The molecule has 0 heterocycles. The van der Waals surface area contributed by atoms with Crippen LogP contribution in [0.5, 0.6) is 5.75 Å². The molecule has 0 saturated carbocycles. The largest absolute Gasteiger partial charge is 0.493 e. The van der Waals surface area contributed by atoms with Gasteiger partial charge < -0.3 is 10.1 Å². The minimum atomic E-state index is -0.157. The molecule has 0 saturated heterocycles. The van der Waals surface area contributed by atoms with Crippen molar-refractivity contribution in [1.29, 1.82) is 0 Å². The summed E-state index contributed by atoms with van der Waals surface area (Å²) in [4.78, 5) is 12.7. The monoisotopic (exact) mass is 333 g/mol. The Morgan fingerprint density at radius 3 is 2.48 bits per heavy atom. The lowest BCUT2D eigenvalue weighted by Gasteiger charge is -2.13. The third-order valence-corrected chi connectivity index (χ3v) is 4.09. The quantitative estimate of drug-likeness (QED) is 0.645. The van der Waals surface area contributed by atoms with Gasteiger partial charge in [0.15, 0.2) is 0 Å². The molecular weight excluding hydrogens is 310 g/mol. The van der Waals surface area contributed by atoms with Gasteiger partial charge in [0.1, 0.15) is 5.75 Å².